The largest absolute Gasteiger partial charge is 0.383 e. The molecular formula is C19H13BrFN3. The molecule has 0 atom stereocenters. The predicted molar refractivity (Wildman–Crippen MR) is 96.6 cm³/mol. The number of hydrogen-bond acceptors (Lipinski definition) is 3. The minimum Gasteiger partial charge on any atom is -0.383 e. The highest BCUT2D eigenvalue weighted by molar-refractivity contribution is 9.10. The Kier molecular flexibility index (Phi) is 4.32. The number of nitriles is 1. The van der Waals surface area contributed by atoms with Crippen LogP contribution in [-0.2, 0) is 0 Å². The Morgan fingerprint density at radius 1 is 1.12 bits per heavy atom. The normalized spacial score (nSPS) is 10.4. The molecule has 24 heavy (non-hydrogen) atoms. The highest BCUT2D eigenvalue weighted by Gasteiger charge is 2.18. The van der Waals surface area contributed by atoms with Gasteiger partial charge in [0, 0.05) is 15.6 Å². The first-order valence-corrected chi connectivity index (χ1v) is 8.02. The summed E-state index contributed by atoms with van der Waals surface area (Å²) < 4.78 is 14.6. The maximum atomic E-state index is 13.7. The molecule has 3 aromatic rings. The summed E-state index contributed by atoms with van der Waals surface area (Å²) in [6, 6.07) is 15.9. The number of hydrogen-bond donors (Lipinski definition) is 1. The summed E-state index contributed by atoms with van der Waals surface area (Å²) in [4.78, 5) is 4.40. The van der Waals surface area contributed by atoms with Crippen LogP contribution in [-0.4, -0.2) is 4.98 Å². The van der Waals surface area contributed by atoms with Crippen LogP contribution in [0.3, 0.4) is 0 Å². The maximum absolute atomic E-state index is 13.7. The number of nitrogens with zero attached hydrogens (tertiary/aromatic N) is 2. The van der Waals surface area contributed by atoms with E-state index >= 15 is 0 Å². The van der Waals surface area contributed by atoms with Gasteiger partial charge in [0.2, 0.25) is 0 Å². The second-order valence-electron chi connectivity index (χ2n) is 5.35. The van der Waals surface area contributed by atoms with Crippen molar-refractivity contribution in [1.82, 2.24) is 4.98 Å². The fraction of sp³-hybridized carbons (Fsp3) is 0.0526. The molecule has 0 fully saturated rings. The molecule has 0 radical (unpaired) electrons. The van der Waals surface area contributed by atoms with Gasteiger partial charge in [-0.05, 0) is 42.3 Å². The molecule has 0 spiro atoms. The first-order valence-electron chi connectivity index (χ1n) is 7.23. The lowest BCUT2D eigenvalue weighted by Gasteiger charge is -2.15. The van der Waals surface area contributed by atoms with Gasteiger partial charge in [0.25, 0.3) is 0 Å². The standard InChI is InChI=1S/C19H13BrFN3/c1-11-17(13-3-2-4-15(21)9-13)16(10-22)19(23)24-18(11)12-5-7-14(20)8-6-12/h2-9H,1H3,(H2,23,24). The van der Waals surface area contributed by atoms with Gasteiger partial charge < -0.3 is 5.73 Å². The molecule has 3 nitrogen and oxygen atoms in total. The minimum atomic E-state index is -0.364. The molecule has 1 aromatic heterocycles. The summed E-state index contributed by atoms with van der Waals surface area (Å²) in [6.45, 7) is 1.87. The van der Waals surface area contributed by atoms with Crippen molar-refractivity contribution in [3.63, 3.8) is 0 Å². The third-order valence-electron chi connectivity index (χ3n) is 3.81. The molecule has 0 saturated heterocycles. The number of pyridine rings is 1. The lowest BCUT2D eigenvalue weighted by molar-refractivity contribution is 0.628. The fourth-order valence-corrected chi connectivity index (χ4v) is 2.97. The first kappa shape index (κ1) is 16.2. The molecule has 2 N–H and O–H groups in total. The zero-order valence-electron chi connectivity index (χ0n) is 12.8. The van der Waals surface area contributed by atoms with Crippen molar-refractivity contribution in [2.75, 3.05) is 5.73 Å². The van der Waals surface area contributed by atoms with E-state index in [4.69, 9.17) is 5.73 Å². The maximum Gasteiger partial charge on any atom is 0.142 e. The van der Waals surface area contributed by atoms with E-state index in [1.807, 2.05) is 31.2 Å². The number of aromatic nitrogens is 1. The van der Waals surface area contributed by atoms with E-state index in [0.717, 1.165) is 15.6 Å². The Labute approximate surface area is 147 Å². The smallest absolute Gasteiger partial charge is 0.142 e. The average molecular weight is 382 g/mol. The summed E-state index contributed by atoms with van der Waals surface area (Å²) in [6.07, 6.45) is 0. The Hall–Kier alpha value is -2.71. The van der Waals surface area contributed by atoms with Gasteiger partial charge >= 0.3 is 0 Å². The fourth-order valence-electron chi connectivity index (χ4n) is 2.70. The second-order valence-corrected chi connectivity index (χ2v) is 6.27. The van der Waals surface area contributed by atoms with Gasteiger partial charge in [0.1, 0.15) is 23.3 Å². The summed E-state index contributed by atoms with van der Waals surface area (Å²) in [5, 5.41) is 9.48. The van der Waals surface area contributed by atoms with E-state index < -0.39 is 0 Å². The molecule has 3 rings (SSSR count). The van der Waals surface area contributed by atoms with Crippen LogP contribution in [0.15, 0.2) is 53.0 Å². The summed E-state index contributed by atoms with van der Waals surface area (Å²) in [5.41, 5.74) is 9.84. The van der Waals surface area contributed by atoms with E-state index in [2.05, 4.69) is 27.0 Å². The SMILES string of the molecule is Cc1c(-c2ccc(Br)cc2)nc(N)c(C#N)c1-c1cccc(F)c1. The van der Waals surface area contributed by atoms with Crippen LogP contribution in [0.25, 0.3) is 22.4 Å². The molecule has 2 aromatic carbocycles. The highest BCUT2D eigenvalue weighted by atomic mass is 79.9. The van der Waals surface area contributed by atoms with Crippen LogP contribution < -0.4 is 5.73 Å². The van der Waals surface area contributed by atoms with E-state index in [-0.39, 0.29) is 17.2 Å². The van der Waals surface area contributed by atoms with Gasteiger partial charge in [-0.1, -0.05) is 40.2 Å². The molecule has 0 aliphatic heterocycles. The first-order chi connectivity index (χ1) is 11.5. The Morgan fingerprint density at radius 2 is 1.83 bits per heavy atom. The highest BCUT2D eigenvalue weighted by Crippen LogP contribution is 2.36. The van der Waals surface area contributed by atoms with E-state index in [1.165, 1.54) is 12.1 Å². The Balaban J connectivity index is 2.32. The Bertz CT molecular complexity index is 960. The van der Waals surface area contributed by atoms with Crippen molar-refractivity contribution in [2.45, 2.75) is 6.92 Å². The molecule has 1 heterocycles. The zero-order valence-corrected chi connectivity index (χ0v) is 14.4. The van der Waals surface area contributed by atoms with Crippen molar-refractivity contribution in [3.05, 3.63) is 69.9 Å². The average Bonchev–Trinajstić information content (AvgIpc) is 2.57. The van der Waals surface area contributed by atoms with Gasteiger partial charge in [-0.15, -0.1) is 0 Å². The summed E-state index contributed by atoms with van der Waals surface area (Å²) in [5.74, 6) is -0.225. The number of anilines is 1. The van der Waals surface area contributed by atoms with Crippen molar-refractivity contribution < 1.29 is 4.39 Å². The van der Waals surface area contributed by atoms with Crippen molar-refractivity contribution in [1.29, 1.82) is 5.26 Å². The van der Waals surface area contributed by atoms with Crippen LogP contribution in [0.5, 0.6) is 0 Å². The predicted octanol–water partition coefficient (Wildman–Crippen LogP) is 5.08. The lowest BCUT2D eigenvalue weighted by Crippen LogP contribution is -2.03. The topological polar surface area (TPSA) is 62.7 Å². The molecule has 0 saturated carbocycles. The Morgan fingerprint density at radius 3 is 2.46 bits per heavy atom. The molecule has 0 bridgehead atoms. The number of rotatable bonds is 2. The number of nitrogen functional groups attached to an aromatic ring is 1. The van der Waals surface area contributed by atoms with Crippen molar-refractivity contribution in [2.24, 2.45) is 0 Å². The summed E-state index contributed by atoms with van der Waals surface area (Å²) >= 11 is 3.40. The molecular weight excluding hydrogens is 369 g/mol. The number of benzene rings is 2. The van der Waals surface area contributed by atoms with Crippen LogP contribution in [0.1, 0.15) is 11.1 Å². The summed E-state index contributed by atoms with van der Waals surface area (Å²) in [7, 11) is 0. The van der Waals surface area contributed by atoms with Crippen LogP contribution in [0, 0.1) is 24.1 Å². The molecule has 0 aliphatic rings. The number of nitrogens with two attached hydrogens (primary N) is 1. The number of halogens is 2. The van der Waals surface area contributed by atoms with Gasteiger partial charge in [0.05, 0.1) is 5.69 Å². The van der Waals surface area contributed by atoms with E-state index in [1.54, 1.807) is 12.1 Å². The van der Waals surface area contributed by atoms with Crippen molar-refractivity contribution in [3.8, 4) is 28.5 Å². The van der Waals surface area contributed by atoms with Crippen LogP contribution >= 0.6 is 15.9 Å². The third-order valence-corrected chi connectivity index (χ3v) is 4.34. The van der Waals surface area contributed by atoms with E-state index in [0.29, 0.717) is 16.8 Å². The van der Waals surface area contributed by atoms with Gasteiger partial charge in [0.15, 0.2) is 0 Å². The monoisotopic (exact) mass is 381 g/mol. The molecule has 0 aliphatic carbocycles. The quantitative estimate of drug-likeness (QED) is 0.672. The van der Waals surface area contributed by atoms with Gasteiger partial charge in [-0.3, -0.25) is 0 Å². The zero-order chi connectivity index (χ0) is 17.3. The molecule has 0 unspecified atom stereocenters. The second kappa shape index (κ2) is 6.42. The van der Waals surface area contributed by atoms with E-state index in [9.17, 15) is 9.65 Å². The minimum absolute atomic E-state index is 0.139. The van der Waals surface area contributed by atoms with Crippen LogP contribution in [0.4, 0.5) is 10.2 Å². The van der Waals surface area contributed by atoms with Gasteiger partial charge in [-0.2, -0.15) is 5.26 Å². The van der Waals surface area contributed by atoms with Crippen molar-refractivity contribution >= 4 is 21.7 Å². The van der Waals surface area contributed by atoms with Crippen LogP contribution in [0.2, 0.25) is 0 Å². The molecule has 0 amide bonds. The third kappa shape index (κ3) is 2.89. The van der Waals surface area contributed by atoms with Gasteiger partial charge in [-0.25, -0.2) is 9.37 Å². The molecule has 118 valence electrons. The lowest BCUT2D eigenvalue weighted by atomic mass is 9.93. The molecule has 5 heteroatoms.